The van der Waals surface area contributed by atoms with Crippen LogP contribution < -0.4 is 18.6 Å². The molecule has 0 aliphatic carbocycles. The molecule has 4 rings (SSSR count). The van der Waals surface area contributed by atoms with Gasteiger partial charge in [-0.3, -0.25) is 9.59 Å². The van der Waals surface area contributed by atoms with Crippen LogP contribution in [0.1, 0.15) is 31.8 Å². The van der Waals surface area contributed by atoms with Crippen molar-refractivity contribution in [2.75, 3.05) is 14.2 Å². The van der Waals surface area contributed by atoms with E-state index in [1.807, 2.05) is 58.2 Å². The van der Waals surface area contributed by atoms with Crippen molar-refractivity contribution in [2.45, 2.75) is 25.9 Å². The maximum absolute atomic E-state index is 12.6. The maximum Gasteiger partial charge on any atom is 0.227 e. The summed E-state index contributed by atoms with van der Waals surface area (Å²) in [6.07, 6.45) is 9.54. The molecule has 0 radical (unpaired) electrons. The zero-order valence-electron chi connectivity index (χ0n) is 20.6. The second kappa shape index (κ2) is 11.9. The quantitative estimate of drug-likeness (QED) is 0.241. The molecule has 2 aromatic heterocycles. The van der Waals surface area contributed by atoms with Gasteiger partial charge in [-0.25, -0.2) is 0 Å². The number of Topliss-reactive ketones (excluding diaryl/α,β-unsaturated/α-hetero) is 2. The van der Waals surface area contributed by atoms with Crippen molar-refractivity contribution in [1.29, 1.82) is 0 Å². The Morgan fingerprint density at radius 2 is 1.00 bits per heavy atom. The van der Waals surface area contributed by atoms with Gasteiger partial charge in [0.2, 0.25) is 24.7 Å². The lowest BCUT2D eigenvalue weighted by atomic mass is 10.1. The number of carbonyl (C=O) groups is 2. The number of rotatable bonds is 11. The smallest absolute Gasteiger partial charge is 0.227 e. The van der Waals surface area contributed by atoms with Gasteiger partial charge >= 0.3 is 0 Å². The zero-order valence-corrected chi connectivity index (χ0v) is 20.6. The highest BCUT2D eigenvalue weighted by atomic mass is 16.5. The lowest BCUT2D eigenvalue weighted by Crippen LogP contribution is -2.37. The Morgan fingerprint density at radius 1 is 0.611 bits per heavy atom. The van der Waals surface area contributed by atoms with Gasteiger partial charge in [0.15, 0.2) is 24.8 Å². The highest BCUT2D eigenvalue weighted by molar-refractivity contribution is 5.95. The van der Waals surface area contributed by atoms with E-state index in [4.69, 9.17) is 9.47 Å². The van der Waals surface area contributed by atoms with E-state index in [1.54, 1.807) is 38.5 Å². The summed E-state index contributed by atoms with van der Waals surface area (Å²) in [7, 11) is 3.18. The number of aryl methyl sites for hydroxylation is 2. The monoisotopic (exact) mass is 482 g/mol. The van der Waals surface area contributed by atoms with Crippen LogP contribution >= 0.6 is 0 Å². The SMILES string of the molecule is COc1cccc(C(=O)C[n+]2ccc(CCc3cc[n+](CC(=O)c4cccc(OC)c4)cc3)cc2)c1. The molecular formula is C30H30N2O4+2. The van der Waals surface area contributed by atoms with Crippen LogP contribution in [0.4, 0.5) is 0 Å². The highest BCUT2D eigenvalue weighted by Crippen LogP contribution is 2.14. The molecule has 0 saturated carbocycles. The third-order valence-corrected chi connectivity index (χ3v) is 6.06. The largest absolute Gasteiger partial charge is 0.497 e. The van der Waals surface area contributed by atoms with Crippen LogP contribution in [0.2, 0.25) is 0 Å². The number of carbonyl (C=O) groups excluding carboxylic acids is 2. The van der Waals surface area contributed by atoms with Gasteiger partial charge in [0.25, 0.3) is 0 Å². The molecule has 6 heteroatoms. The molecule has 0 aliphatic rings. The van der Waals surface area contributed by atoms with Gasteiger partial charge in [-0.05, 0) is 48.2 Å². The number of ether oxygens (including phenoxy) is 2. The number of ketones is 2. The number of benzene rings is 2. The lowest BCUT2D eigenvalue weighted by molar-refractivity contribution is -0.683. The topological polar surface area (TPSA) is 60.4 Å². The van der Waals surface area contributed by atoms with Crippen molar-refractivity contribution in [1.82, 2.24) is 0 Å². The van der Waals surface area contributed by atoms with Gasteiger partial charge in [-0.1, -0.05) is 24.3 Å². The Hall–Kier alpha value is -4.32. The van der Waals surface area contributed by atoms with Crippen LogP contribution in [0.25, 0.3) is 0 Å². The first-order valence-electron chi connectivity index (χ1n) is 11.8. The molecule has 2 aromatic carbocycles. The number of hydrogen-bond acceptors (Lipinski definition) is 4. The summed E-state index contributed by atoms with van der Waals surface area (Å²) in [5.74, 6) is 1.43. The standard InChI is InChI=1S/C30H30N2O4/c1-35-27-7-3-5-25(19-27)29(33)21-31-15-11-23(12-16-31)9-10-24-13-17-32(18-14-24)22-30(34)26-6-4-8-28(20-26)36-2/h3-8,11-20H,9-10,21-22H2,1-2H3/q+2. The predicted octanol–water partition coefficient (Wildman–Crippen LogP) is 3.83. The van der Waals surface area contributed by atoms with E-state index in [2.05, 4.69) is 24.3 Å². The molecule has 0 fully saturated rings. The molecular weight excluding hydrogens is 452 g/mol. The van der Waals surface area contributed by atoms with Crippen molar-refractivity contribution in [2.24, 2.45) is 0 Å². The van der Waals surface area contributed by atoms with E-state index < -0.39 is 0 Å². The molecule has 0 saturated heterocycles. The van der Waals surface area contributed by atoms with Crippen LogP contribution in [0.3, 0.4) is 0 Å². The van der Waals surface area contributed by atoms with E-state index in [1.165, 1.54) is 11.1 Å². The Kier molecular flexibility index (Phi) is 8.19. The van der Waals surface area contributed by atoms with Gasteiger partial charge in [-0.15, -0.1) is 0 Å². The van der Waals surface area contributed by atoms with E-state index in [-0.39, 0.29) is 24.7 Å². The molecule has 0 bridgehead atoms. The number of pyridine rings is 2. The minimum Gasteiger partial charge on any atom is -0.497 e. The Bertz CT molecular complexity index is 1230. The average molecular weight is 483 g/mol. The molecule has 0 atom stereocenters. The summed E-state index contributed by atoms with van der Waals surface area (Å²) in [5, 5.41) is 0. The fourth-order valence-corrected chi connectivity index (χ4v) is 3.92. The van der Waals surface area contributed by atoms with Gasteiger partial charge in [-0.2, -0.15) is 9.13 Å². The summed E-state index contributed by atoms with van der Waals surface area (Å²) in [4.78, 5) is 25.2. The number of methoxy groups -OCH3 is 2. The molecule has 0 unspecified atom stereocenters. The predicted molar refractivity (Wildman–Crippen MR) is 135 cm³/mol. The number of aromatic nitrogens is 2. The van der Waals surface area contributed by atoms with Gasteiger partial charge in [0.05, 0.1) is 14.2 Å². The van der Waals surface area contributed by atoms with Crippen molar-refractivity contribution in [3.8, 4) is 11.5 Å². The fraction of sp³-hybridized carbons (Fsp3) is 0.200. The van der Waals surface area contributed by atoms with Crippen molar-refractivity contribution < 1.29 is 28.2 Å². The third kappa shape index (κ3) is 6.63. The molecule has 0 N–H and O–H groups in total. The molecule has 0 aliphatic heterocycles. The molecule has 6 nitrogen and oxygen atoms in total. The first-order chi connectivity index (χ1) is 17.5. The zero-order chi connectivity index (χ0) is 25.3. The molecule has 36 heavy (non-hydrogen) atoms. The van der Waals surface area contributed by atoms with Crippen molar-refractivity contribution >= 4 is 11.6 Å². The maximum atomic E-state index is 12.6. The molecule has 0 spiro atoms. The first-order valence-corrected chi connectivity index (χ1v) is 11.8. The summed E-state index contributed by atoms with van der Waals surface area (Å²) < 4.78 is 14.2. The van der Waals surface area contributed by atoms with Crippen molar-refractivity contribution in [3.05, 3.63) is 120 Å². The second-order valence-corrected chi connectivity index (χ2v) is 8.57. The van der Waals surface area contributed by atoms with Crippen molar-refractivity contribution in [3.63, 3.8) is 0 Å². The minimum atomic E-state index is 0.0362. The van der Waals surface area contributed by atoms with Crippen LogP contribution in [-0.4, -0.2) is 25.8 Å². The van der Waals surface area contributed by atoms with Gasteiger partial charge < -0.3 is 9.47 Å². The summed E-state index contributed by atoms with van der Waals surface area (Å²) >= 11 is 0. The Morgan fingerprint density at radius 3 is 1.36 bits per heavy atom. The Balaban J connectivity index is 1.28. The van der Waals surface area contributed by atoms with E-state index >= 15 is 0 Å². The van der Waals surface area contributed by atoms with Gasteiger partial charge in [0, 0.05) is 35.4 Å². The average Bonchev–Trinajstić information content (AvgIpc) is 2.93. The summed E-state index contributed by atoms with van der Waals surface area (Å²) in [6, 6.07) is 22.6. The minimum absolute atomic E-state index is 0.0362. The normalized spacial score (nSPS) is 10.6. The highest BCUT2D eigenvalue weighted by Gasteiger charge is 2.14. The first kappa shape index (κ1) is 24.8. The van der Waals surface area contributed by atoms with E-state index in [0.717, 1.165) is 12.8 Å². The Labute approximate surface area is 211 Å². The van der Waals surface area contributed by atoms with Crippen LogP contribution in [0.5, 0.6) is 11.5 Å². The van der Waals surface area contributed by atoms with Crippen LogP contribution in [-0.2, 0) is 25.9 Å². The molecule has 0 amide bonds. The number of hydrogen-bond donors (Lipinski definition) is 0. The molecule has 182 valence electrons. The van der Waals surface area contributed by atoms with Gasteiger partial charge in [0.1, 0.15) is 11.5 Å². The summed E-state index contributed by atoms with van der Waals surface area (Å²) in [6.45, 7) is 0.557. The van der Waals surface area contributed by atoms with Crippen LogP contribution in [0.15, 0.2) is 97.6 Å². The van der Waals surface area contributed by atoms with E-state index in [9.17, 15) is 9.59 Å². The lowest BCUT2D eigenvalue weighted by Gasteiger charge is -2.04. The second-order valence-electron chi connectivity index (χ2n) is 8.57. The fourth-order valence-electron chi connectivity index (χ4n) is 3.92. The van der Waals surface area contributed by atoms with Crippen LogP contribution in [0, 0.1) is 0 Å². The molecule has 2 heterocycles. The van der Waals surface area contributed by atoms with E-state index in [0.29, 0.717) is 22.6 Å². The third-order valence-electron chi connectivity index (χ3n) is 6.06. The molecule has 4 aromatic rings. The summed E-state index contributed by atoms with van der Waals surface area (Å²) in [5.41, 5.74) is 3.67. The number of nitrogens with zero attached hydrogens (tertiary/aromatic N) is 2.